The second-order valence-electron chi connectivity index (χ2n) is 5.18. The Bertz CT molecular complexity index is 640. The molecule has 22 heavy (non-hydrogen) atoms. The first-order chi connectivity index (χ1) is 10.5. The first kappa shape index (κ1) is 16.2. The van der Waals surface area contributed by atoms with Crippen LogP contribution in [0.15, 0.2) is 23.7 Å². The molecule has 0 saturated carbocycles. The molecular weight excluding hydrogens is 298 g/mol. The van der Waals surface area contributed by atoms with E-state index in [0.29, 0.717) is 5.69 Å². The maximum Gasteiger partial charge on any atom is 0.319 e. The zero-order valence-corrected chi connectivity index (χ0v) is 14.1. The Labute approximate surface area is 134 Å². The van der Waals surface area contributed by atoms with Crippen molar-refractivity contribution in [3.63, 3.8) is 0 Å². The molecule has 1 unspecified atom stereocenters. The molecule has 0 aliphatic heterocycles. The van der Waals surface area contributed by atoms with Crippen molar-refractivity contribution < 1.29 is 4.79 Å². The van der Waals surface area contributed by atoms with Crippen LogP contribution in [0, 0.1) is 6.92 Å². The number of amides is 2. The van der Waals surface area contributed by atoms with Crippen LogP contribution in [0.3, 0.4) is 0 Å². The molecule has 2 amide bonds. The Balaban J connectivity index is 2.01. The number of urea groups is 1. The molecule has 2 rings (SSSR count). The van der Waals surface area contributed by atoms with Crippen molar-refractivity contribution in [1.82, 2.24) is 15.3 Å². The van der Waals surface area contributed by atoms with Crippen LogP contribution in [0.1, 0.15) is 30.1 Å². The van der Waals surface area contributed by atoms with Gasteiger partial charge in [0.15, 0.2) is 0 Å². The van der Waals surface area contributed by atoms with Crippen LogP contribution in [0.5, 0.6) is 0 Å². The Morgan fingerprint density at radius 3 is 2.82 bits per heavy atom. The molecule has 0 aromatic carbocycles. The molecule has 0 saturated heterocycles. The van der Waals surface area contributed by atoms with Crippen molar-refractivity contribution in [3.8, 4) is 0 Å². The number of anilines is 2. The summed E-state index contributed by atoms with van der Waals surface area (Å²) in [6.07, 6.45) is 2.46. The number of nitrogens with one attached hydrogen (secondary N) is 2. The molecule has 0 aliphatic rings. The fraction of sp³-hybridized carbons (Fsp3) is 0.400. The summed E-state index contributed by atoms with van der Waals surface area (Å²) in [6, 6.07) is 3.28. The average Bonchev–Trinajstić information content (AvgIpc) is 2.91. The van der Waals surface area contributed by atoms with E-state index < -0.39 is 0 Å². The Morgan fingerprint density at radius 2 is 2.23 bits per heavy atom. The highest BCUT2D eigenvalue weighted by Gasteiger charge is 2.16. The molecule has 2 N–H and O–H groups in total. The van der Waals surface area contributed by atoms with Crippen LogP contribution >= 0.6 is 11.3 Å². The normalized spacial score (nSPS) is 11.8. The zero-order valence-electron chi connectivity index (χ0n) is 13.3. The van der Waals surface area contributed by atoms with E-state index in [1.807, 2.05) is 44.3 Å². The molecular formula is C15H21N5OS. The lowest BCUT2D eigenvalue weighted by molar-refractivity contribution is 0.248. The number of thiazole rings is 1. The maximum atomic E-state index is 12.2. The average molecular weight is 319 g/mol. The lowest BCUT2D eigenvalue weighted by Crippen LogP contribution is -2.32. The number of carbonyl (C=O) groups excluding carboxylic acids is 1. The fourth-order valence-electron chi connectivity index (χ4n) is 1.94. The van der Waals surface area contributed by atoms with E-state index >= 15 is 0 Å². The molecule has 0 spiro atoms. The van der Waals surface area contributed by atoms with Crippen molar-refractivity contribution in [1.29, 1.82) is 0 Å². The molecule has 2 aromatic heterocycles. The SMILES string of the molecule is CCC(NC(=O)Nc1ccnc(N(C)C)c1)c1nc(C)cs1. The number of aryl methyl sites for hydroxylation is 1. The van der Waals surface area contributed by atoms with Crippen LogP contribution in [-0.2, 0) is 0 Å². The summed E-state index contributed by atoms with van der Waals surface area (Å²) in [5.74, 6) is 0.792. The zero-order chi connectivity index (χ0) is 16.1. The van der Waals surface area contributed by atoms with Crippen LogP contribution in [0.4, 0.5) is 16.3 Å². The highest BCUT2D eigenvalue weighted by molar-refractivity contribution is 7.09. The third kappa shape index (κ3) is 4.17. The number of aromatic nitrogens is 2. The largest absolute Gasteiger partial charge is 0.363 e. The molecule has 0 fully saturated rings. The van der Waals surface area contributed by atoms with Gasteiger partial charge < -0.3 is 15.5 Å². The third-order valence-electron chi connectivity index (χ3n) is 3.11. The quantitative estimate of drug-likeness (QED) is 0.888. The second kappa shape index (κ2) is 7.22. The van der Waals surface area contributed by atoms with Gasteiger partial charge in [-0.2, -0.15) is 0 Å². The van der Waals surface area contributed by atoms with Gasteiger partial charge in [0, 0.05) is 43.1 Å². The number of hydrogen-bond acceptors (Lipinski definition) is 5. The topological polar surface area (TPSA) is 70.2 Å². The molecule has 0 radical (unpaired) electrons. The van der Waals surface area contributed by atoms with Crippen molar-refractivity contribution in [2.24, 2.45) is 0 Å². The molecule has 7 heteroatoms. The summed E-state index contributed by atoms with van der Waals surface area (Å²) in [4.78, 5) is 22.7. The minimum absolute atomic E-state index is 0.0751. The fourth-order valence-corrected chi connectivity index (χ4v) is 2.87. The van der Waals surface area contributed by atoms with Crippen molar-refractivity contribution in [3.05, 3.63) is 34.4 Å². The third-order valence-corrected chi connectivity index (χ3v) is 4.19. The van der Waals surface area contributed by atoms with E-state index in [1.54, 1.807) is 23.6 Å². The Hall–Kier alpha value is -2.15. The van der Waals surface area contributed by atoms with Gasteiger partial charge in [-0.3, -0.25) is 0 Å². The van der Waals surface area contributed by atoms with Crippen LogP contribution in [0.25, 0.3) is 0 Å². The van der Waals surface area contributed by atoms with Crippen LogP contribution in [0.2, 0.25) is 0 Å². The van der Waals surface area contributed by atoms with Gasteiger partial charge in [-0.05, 0) is 19.4 Å². The van der Waals surface area contributed by atoms with Crippen LogP contribution < -0.4 is 15.5 Å². The monoisotopic (exact) mass is 319 g/mol. The summed E-state index contributed by atoms with van der Waals surface area (Å²) < 4.78 is 0. The van der Waals surface area contributed by atoms with Gasteiger partial charge in [-0.1, -0.05) is 6.92 Å². The molecule has 118 valence electrons. The first-order valence-electron chi connectivity index (χ1n) is 7.12. The number of rotatable bonds is 5. The number of carbonyl (C=O) groups is 1. The van der Waals surface area contributed by atoms with Gasteiger partial charge in [0.1, 0.15) is 10.8 Å². The van der Waals surface area contributed by atoms with Gasteiger partial charge in [0.25, 0.3) is 0 Å². The summed E-state index contributed by atoms with van der Waals surface area (Å²) >= 11 is 1.57. The first-order valence-corrected chi connectivity index (χ1v) is 8.00. The van der Waals surface area contributed by atoms with E-state index in [0.717, 1.165) is 22.9 Å². The standard InChI is InChI=1S/C15H21N5OS/c1-5-12(14-17-10(2)9-22-14)19-15(21)18-11-6-7-16-13(8-11)20(3)4/h6-9,12H,5H2,1-4H3,(H2,16,18,19,21). The molecule has 0 aliphatic carbocycles. The number of pyridine rings is 1. The minimum Gasteiger partial charge on any atom is -0.363 e. The molecule has 2 heterocycles. The van der Waals surface area contributed by atoms with E-state index in [4.69, 9.17) is 0 Å². The molecule has 2 aromatic rings. The van der Waals surface area contributed by atoms with Crippen LogP contribution in [-0.4, -0.2) is 30.1 Å². The Kier molecular flexibility index (Phi) is 5.32. The predicted molar refractivity (Wildman–Crippen MR) is 90.6 cm³/mol. The van der Waals surface area contributed by atoms with E-state index in [1.165, 1.54) is 0 Å². The highest BCUT2D eigenvalue weighted by Crippen LogP contribution is 2.21. The number of hydrogen-bond donors (Lipinski definition) is 2. The smallest absolute Gasteiger partial charge is 0.319 e. The maximum absolute atomic E-state index is 12.2. The van der Waals surface area contributed by atoms with Crippen molar-refractivity contribution in [2.45, 2.75) is 26.3 Å². The summed E-state index contributed by atoms with van der Waals surface area (Å²) in [6.45, 7) is 3.98. The summed E-state index contributed by atoms with van der Waals surface area (Å²) in [7, 11) is 3.81. The van der Waals surface area contributed by atoms with Gasteiger partial charge in [-0.25, -0.2) is 14.8 Å². The van der Waals surface area contributed by atoms with Gasteiger partial charge >= 0.3 is 6.03 Å². The van der Waals surface area contributed by atoms with Crippen molar-refractivity contribution >= 4 is 28.9 Å². The molecule has 6 nitrogen and oxygen atoms in total. The van der Waals surface area contributed by atoms with E-state index in [9.17, 15) is 4.79 Å². The summed E-state index contributed by atoms with van der Waals surface area (Å²) in [5, 5.41) is 8.72. The van der Waals surface area contributed by atoms with E-state index in [2.05, 4.69) is 20.6 Å². The van der Waals surface area contributed by atoms with Gasteiger partial charge in [0.05, 0.1) is 6.04 Å². The minimum atomic E-state index is -0.240. The van der Waals surface area contributed by atoms with E-state index in [-0.39, 0.29) is 12.1 Å². The lowest BCUT2D eigenvalue weighted by Gasteiger charge is -2.16. The lowest BCUT2D eigenvalue weighted by atomic mass is 10.2. The molecule has 0 bridgehead atoms. The summed E-state index contributed by atoms with van der Waals surface area (Å²) in [5.41, 5.74) is 1.69. The van der Waals surface area contributed by atoms with Gasteiger partial charge in [0.2, 0.25) is 0 Å². The molecule has 1 atom stereocenters. The predicted octanol–water partition coefficient (Wildman–Crippen LogP) is 3.19. The number of nitrogens with zero attached hydrogens (tertiary/aromatic N) is 3. The van der Waals surface area contributed by atoms with Crippen molar-refractivity contribution in [2.75, 3.05) is 24.3 Å². The second-order valence-corrected chi connectivity index (χ2v) is 6.07. The van der Waals surface area contributed by atoms with Gasteiger partial charge in [-0.15, -0.1) is 11.3 Å². The highest BCUT2D eigenvalue weighted by atomic mass is 32.1. The Morgan fingerprint density at radius 1 is 1.45 bits per heavy atom.